The normalized spacial score (nSPS) is 25.0. The summed E-state index contributed by atoms with van der Waals surface area (Å²) >= 11 is 0. The Bertz CT molecular complexity index is 1150. The van der Waals surface area contributed by atoms with E-state index in [0.717, 1.165) is 28.7 Å². The van der Waals surface area contributed by atoms with E-state index in [2.05, 4.69) is 5.32 Å². The lowest BCUT2D eigenvalue weighted by Gasteiger charge is -2.41. The molecule has 5 nitrogen and oxygen atoms in total. The van der Waals surface area contributed by atoms with Gasteiger partial charge >= 0.3 is 11.9 Å². The molecule has 3 aromatic rings. The number of hydrogen-bond acceptors (Lipinski definition) is 3. The second-order valence-corrected chi connectivity index (χ2v) is 8.28. The molecule has 30 heavy (non-hydrogen) atoms. The second kappa shape index (κ2) is 6.99. The average Bonchev–Trinajstić information content (AvgIpc) is 2.90. The van der Waals surface area contributed by atoms with Gasteiger partial charge in [-0.3, -0.25) is 9.13 Å². The molecular weight excluding hydrogens is 395 g/mol. The second-order valence-electron chi connectivity index (χ2n) is 8.28. The third-order valence-corrected chi connectivity index (χ3v) is 6.12. The van der Waals surface area contributed by atoms with E-state index in [1.807, 2.05) is 25.1 Å². The number of rotatable bonds is 2. The highest BCUT2D eigenvalue weighted by Gasteiger charge is 2.40. The summed E-state index contributed by atoms with van der Waals surface area (Å²) in [6.45, 7) is 1.94. The van der Waals surface area contributed by atoms with Gasteiger partial charge in [0.05, 0.1) is 22.2 Å². The van der Waals surface area contributed by atoms with Crippen LogP contribution in [0.3, 0.4) is 0 Å². The molecule has 3 unspecified atom stereocenters. The van der Waals surface area contributed by atoms with Crippen molar-refractivity contribution in [3.63, 3.8) is 0 Å². The van der Waals surface area contributed by atoms with Crippen LogP contribution < -0.4 is 11.0 Å². The largest absolute Gasteiger partial charge is 0.416 e. The summed E-state index contributed by atoms with van der Waals surface area (Å²) in [5, 5.41) is 14.8. The molecule has 1 aliphatic heterocycles. The van der Waals surface area contributed by atoms with Crippen molar-refractivity contribution in [2.45, 2.75) is 43.6 Å². The van der Waals surface area contributed by atoms with Crippen molar-refractivity contribution in [3.05, 3.63) is 69.6 Å². The molecule has 2 N–H and O–H groups in total. The molecule has 0 spiro atoms. The highest BCUT2D eigenvalue weighted by Crippen LogP contribution is 2.41. The molecule has 0 aliphatic carbocycles. The number of piperidine rings is 1. The number of alkyl halides is 3. The zero-order valence-corrected chi connectivity index (χ0v) is 17.0. The van der Waals surface area contributed by atoms with Crippen molar-refractivity contribution in [2.24, 2.45) is 14.1 Å². The van der Waals surface area contributed by atoms with Gasteiger partial charge in [-0.05, 0) is 55.2 Å². The molecule has 3 atom stereocenters. The Balaban J connectivity index is 1.69. The smallest absolute Gasteiger partial charge is 0.385 e. The van der Waals surface area contributed by atoms with Crippen LogP contribution in [0.5, 0.6) is 0 Å². The standard InChI is InChI=1S/C22H24F3N3O2/c1-13-11-21(30,15-5-7-16(8-6-15)22(23,24)25)12-17(26-13)14-4-9-18-19(10-14)28(3)20(29)27(18)2/h4-10,13,17,26,30H,11-12H2,1-3H3. The van der Waals surface area contributed by atoms with Crippen molar-refractivity contribution >= 4 is 11.0 Å². The Morgan fingerprint density at radius 3 is 2.30 bits per heavy atom. The molecule has 1 saturated heterocycles. The summed E-state index contributed by atoms with van der Waals surface area (Å²) < 4.78 is 41.8. The zero-order chi connectivity index (χ0) is 21.8. The van der Waals surface area contributed by atoms with Crippen molar-refractivity contribution < 1.29 is 18.3 Å². The number of aliphatic hydroxyl groups is 1. The molecule has 1 aliphatic rings. The van der Waals surface area contributed by atoms with Gasteiger partial charge < -0.3 is 10.4 Å². The maximum atomic E-state index is 12.9. The van der Waals surface area contributed by atoms with Gasteiger partial charge in [0.25, 0.3) is 0 Å². The van der Waals surface area contributed by atoms with E-state index in [4.69, 9.17) is 0 Å². The molecular formula is C22H24F3N3O2. The van der Waals surface area contributed by atoms with Gasteiger partial charge in [-0.15, -0.1) is 0 Å². The van der Waals surface area contributed by atoms with E-state index >= 15 is 0 Å². The minimum atomic E-state index is -4.41. The van der Waals surface area contributed by atoms with E-state index in [0.29, 0.717) is 18.4 Å². The lowest BCUT2D eigenvalue weighted by atomic mass is 9.77. The van der Waals surface area contributed by atoms with Crippen LogP contribution in [0.4, 0.5) is 13.2 Å². The number of benzene rings is 2. The van der Waals surface area contributed by atoms with E-state index in [9.17, 15) is 23.1 Å². The van der Waals surface area contributed by atoms with Gasteiger partial charge in [0.1, 0.15) is 0 Å². The molecule has 0 bridgehead atoms. The maximum Gasteiger partial charge on any atom is 0.416 e. The quantitative estimate of drug-likeness (QED) is 0.667. The van der Waals surface area contributed by atoms with Gasteiger partial charge in [0.2, 0.25) is 0 Å². The first-order valence-electron chi connectivity index (χ1n) is 9.81. The summed E-state index contributed by atoms with van der Waals surface area (Å²) in [5.74, 6) is 0. The third kappa shape index (κ3) is 3.44. The molecule has 2 heterocycles. The van der Waals surface area contributed by atoms with Gasteiger partial charge in [-0.2, -0.15) is 13.2 Å². The van der Waals surface area contributed by atoms with Crippen molar-refractivity contribution in [1.29, 1.82) is 0 Å². The molecule has 0 saturated carbocycles. The minimum absolute atomic E-state index is 0.0497. The fourth-order valence-corrected chi connectivity index (χ4v) is 4.55. The molecule has 0 amide bonds. The molecule has 160 valence electrons. The van der Waals surface area contributed by atoms with Gasteiger partial charge in [-0.1, -0.05) is 18.2 Å². The minimum Gasteiger partial charge on any atom is -0.385 e. The lowest BCUT2D eigenvalue weighted by Crippen LogP contribution is -2.46. The Morgan fingerprint density at radius 2 is 1.67 bits per heavy atom. The van der Waals surface area contributed by atoms with Gasteiger partial charge in [-0.25, -0.2) is 4.79 Å². The van der Waals surface area contributed by atoms with Crippen molar-refractivity contribution in [1.82, 2.24) is 14.5 Å². The third-order valence-electron chi connectivity index (χ3n) is 6.12. The SMILES string of the molecule is CC1CC(O)(c2ccc(C(F)(F)F)cc2)CC(c2ccc3c(c2)n(C)c(=O)n3C)N1. The van der Waals surface area contributed by atoms with E-state index in [1.165, 1.54) is 12.1 Å². The highest BCUT2D eigenvalue weighted by atomic mass is 19.4. The van der Waals surface area contributed by atoms with Crippen molar-refractivity contribution in [3.8, 4) is 0 Å². The monoisotopic (exact) mass is 419 g/mol. The first-order valence-corrected chi connectivity index (χ1v) is 9.81. The molecule has 1 fully saturated rings. The first-order chi connectivity index (χ1) is 14.0. The van der Waals surface area contributed by atoms with Crippen LogP contribution in [0.1, 0.15) is 42.5 Å². The summed E-state index contributed by atoms with van der Waals surface area (Å²) in [6, 6.07) is 10.2. The summed E-state index contributed by atoms with van der Waals surface area (Å²) in [5.41, 5.74) is 0.891. The molecule has 1 aromatic heterocycles. The molecule has 0 radical (unpaired) electrons. The van der Waals surface area contributed by atoms with E-state index in [-0.39, 0.29) is 17.8 Å². The number of nitrogens with one attached hydrogen (secondary N) is 1. The lowest BCUT2D eigenvalue weighted by molar-refractivity contribution is -0.137. The zero-order valence-electron chi connectivity index (χ0n) is 17.0. The van der Waals surface area contributed by atoms with Crippen LogP contribution >= 0.6 is 0 Å². The maximum absolute atomic E-state index is 12.9. The predicted molar refractivity (Wildman–Crippen MR) is 108 cm³/mol. The van der Waals surface area contributed by atoms with Gasteiger partial charge in [0.15, 0.2) is 0 Å². The summed E-state index contributed by atoms with van der Waals surface area (Å²) in [6.07, 6.45) is -3.71. The Hall–Kier alpha value is -2.58. The number of imidazole rings is 1. The highest BCUT2D eigenvalue weighted by molar-refractivity contribution is 5.77. The Morgan fingerprint density at radius 1 is 1.03 bits per heavy atom. The fraction of sp³-hybridized carbons (Fsp3) is 0.409. The molecule has 4 rings (SSSR count). The van der Waals surface area contributed by atoms with Crippen LogP contribution in [0.15, 0.2) is 47.3 Å². The summed E-state index contributed by atoms with van der Waals surface area (Å²) in [7, 11) is 3.43. The topological polar surface area (TPSA) is 59.2 Å². The number of fused-ring (bicyclic) bond motifs is 1. The van der Waals surface area contributed by atoms with Crippen LogP contribution in [-0.4, -0.2) is 20.3 Å². The van der Waals surface area contributed by atoms with E-state index < -0.39 is 17.3 Å². The molecule has 2 aromatic carbocycles. The van der Waals surface area contributed by atoms with Gasteiger partial charge in [0, 0.05) is 26.2 Å². The molecule has 8 heteroatoms. The Kier molecular flexibility index (Phi) is 4.82. The van der Waals surface area contributed by atoms with Crippen LogP contribution in [0.2, 0.25) is 0 Å². The van der Waals surface area contributed by atoms with Crippen LogP contribution in [0, 0.1) is 0 Å². The van der Waals surface area contributed by atoms with Crippen LogP contribution in [-0.2, 0) is 25.9 Å². The Labute approximate surface area is 171 Å². The number of hydrogen-bond donors (Lipinski definition) is 2. The number of nitrogens with zero attached hydrogens (tertiary/aromatic N) is 2. The number of halogens is 3. The first kappa shape index (κ1) is 20.7. The average molecular weight is 419 g/mol. The number of aryl methyl sites for hydroxylation is 2. The van der Waals surface area contributed by atoms with Crippen molar-refractivity contribution in [2.75, 3.05) is 0 Å². The fourth-order valence-electron chi connectivity index (χ4n) is 4.55. The van der Waals surface area contributed by atoms with E-state index in [1.54, 1.807) is 23.2 Å². The van der Waals surface area contributed by atoms with Crippen LogP contribution in [0.25, 0.3) is 11.0 Å². The predicted octanol–water partition coefficient (Wildman–Crippen LogP) is 3.60. The number of aromatic nitrogens is 2. The summed E-state index contributed by atoms with van der Waals surface area (Å²) in [4.78, 5) is 12.2.